The van der Waals surface area contributed by atoms with Crippen molar-refractivity contribution < 1.29 is 18.7 Å². The first kappa shape index (κ1) is 17.3. The first-order chi connectivity index (χ1) is 12.5. The fourth-order valence-corrected chi connectivity index (χ4v) is 4.62. The van der Waals surface area contributed by atoms with E-state index in [1.165, 1.54) is 6.07 Å². The zero-order chi connectivity index (χ0) is 18.4. The second kappa shape index (κ2) is 6.53. The third kappa shape index (κ3) is 2.56. The predicted octanol–water partition coefficient (Wildman–Crippen LogP) is 3.78. The van der Waals surface area contributed by atoms with E-state index in [0.29, 0.717) is 23.6 Å². The molecule has 138 valence electrons. The molecule has 0 N–H and O–H groups in total. The average molecular weight is 357 g/mol. The van der Waals surface area contributed by atoms with Crippen LogP contribution in [0.2, 0.25) is 0 Å². The SMILES string of the molecule is CCCN1C(=O)C2=C(C(=O)C3CC(C)CCC3O2)C1c1ccccc1F. The molecule has 4 rings (SSSR count). The number of Topliss-reactive ketones (excluding diaryl/α,β-unsaturated/α-hetero) is 1. The summed E-state index contributed by atoms with van der Waals surface area (Å²) in [6.45, 7) is 4.57. The Morgan fingerprint density at radius 3 is 2.73 bits per heavy atom. The molecule has 1 fully saturated rings. The summed E-state index contributed by atoms with van der Waals surface area (Å²) in [5.74, 6) is -0.300. The molecule has 2 aliphatic heterocycles. The van der Waals surface area contributed by atoms with Gasteiger partial charge in [-0.3, -0.25) is 9.59 Å². The lowest BCUT2D eigenvalue weighted by atomic mass is 9.74. The predicted molar refractivity (Wildman–Crippen MR) is 94.6 cm³/mol. The van der Waals surface area contributed by atoms with Crippen LogP contribution in [-0.4, -0.2) is 29.2 Å². The summed E-state index contributed by atoms with van der Waals surface area (Å²) in [4.78, 5) is 27.9. The summed E-state index contributed by atoms with van der Waals surface area (Å²) < 4.78 is 20.6. The quantitative estimate of drug-likeness (QED) is 0.827. The number of nitrogens with zero attached hydrogens (tertiary/aromatic N) is 1. The van der Waals surface area contributed by atoms with E-state index in [2.05, 4.69) is 6.92 Å². The standard InChI is InChI=1S/C21H24FNO3/c1-3-10-23-18(13-6-4-5-7-15(13)22)17-19(24)14-11-12(2)8-9-16(14)26-20(17)21(23)25/h4-7,12,14,16,18H,3,8-11H2,1-2H3. The highest BCUT2D eigenvalue weighted by Crippen LogP contribution is 2.47. The van der Waals surface area contributed by atoms with E-state index in [0.717, 1.165) is 25.7 Å². The second-order valence-corrected chi connectivity index (χ2v) is 7.71. The van der Waals surface area contributed by atoms with Crippen molar-refractivity contribution >= 4 is 11.7 Å². The summed E-state index contributed by atoms with van der Waals surface area (Å²) in [6.07, 6.45) is 3.08. The molecule has 1 aliphatic carbocycles. The van der Waals surface area contributed by atoms with Crippen molar-refractivity contribution in [3.05, 3.63) is 47.0 Å². The number of hydrogen-bond acceptors (Lipinski definition) is 3. The third-order valence-electron chi connectivity index (χ3n) is 5.87. The highest BCUT2D eigenvalue weighted by Gasteiger charge is 2.52. The van der Waals surface area contributed by atoms with Gasteiger partial charge in [-0.15, -0.1) is 0 Å². The van der Waals surface area contributed by atoms with Crippen LogP contribution in [0.5, 0.6) is 0 Å². The van der Waals surface area contributed by atoms with Crippen LogP contribution in [0.15, 0.2) is 35.6 Å². The van der Waals surface area contributed by atoms with Crippen LogP contribution in [0.1, 0.15) is 51.1 Å². The smallest absolute Gasteiger partial charge is 0.290 e. The average Bonchev–Trinajstić information content (AvgIpc) is 2.89. The molecule has 26 heavy (non-hydrogen) atoms. The molecule has 1 amide bonds. The summed E-state index contributed by atoms with van der Waals surface area (Å²) in [7, 11) is 0. The van der Waals surface area contributed by atoms with Crippen LogP contribution in [0.4, 0.5) is 4.39 Å². The van der Waals surface area contributed by atoms with E-state index in [1.807, 2.05) is 6.92 Å². The minimum absolute atomic E-state index is 0.0250. The number of benzene rings is 1. The van der Waals surface area contributed by atoms with Crippen molar-refractivity contribution in [1.82, 2.24) is 4.90 Å². The van der Waals surface area contributed by atoms with Crippen molar-refractivity contribution in [2.45, 2.75) is 51.7 Å². The van der Waals surface area contributed by atoms with Gasteiger partial charge in [0, 0.05) is 12.1 Å². The van der Waals surface area contributed by atoms with Gasteiger partial charge in [-0.2, -0.15) is 0 Å². The Morgan fingerprint density at radius 2 is 2.00 bits per heavy atom. The maximum absolute atomic E-state index is 14.6. The molecular formula is C21H24FNO3. The van der Waals surface area contributed by atoms with Gasteiger partial charge >= 0.3 is 0 Å². The Balaban J connectivity index is 1.81. The third-order valence-corrected chi connectivity index (χ3v) is 5.87. The van der Waals surface area contributed by atoms with E-state index in [1.54, 1.807) is 23.1 Å². The number of ether oxygens (including phenoxy) is 1. The van der Waals surface area contributed by atoms with Crippen LogP contribution in [0.3, 0.4) is 0 Å². The lowest BCUT2D eigenvalue weighted by molar-refractivity contribution is -0.136. The molecule has 0 bridgehead atoms. The van der Waals surface area contributed by atoms with Gasteiger partial charge in [0.15, 0.2) is 11.5 Å². The van der Waals surface area contributed by atoms with Gasteiger partial charge in [-0.05, 0) is 37.7 Å². The summed E-state index contributed by atoms with van der Waals surface area (Å²) in [5.41, 5.74) is 0.738. The minimum atomic E-state index is -0.677. The van der Waals surface area contributed by atoms with Crippen LogP contribution >= 0.6 is 0 Å². The van der Waals surface area contributed by atoms with Gasteiger partial charge in [0.25, 0.3) is 5.91 Å². The number of fused-ring (bicyclic) bond motifs is 1. The number of rotatable bonds is 3. The van der Waals surface area contributed by atoms with Crippen LogP contribution in [0.25, 0.3) is 0 Å². The maximum Gasteiger partial charge on any atom is 0.290 e. The first-order valence-electron chi connectivity index (χ1n) is 9.53. The normalized spacial score (nSPS) is 31.0. The van der Waals surface area contributed by atoms with Gasteiger partial charge in [-0.25, -0.2) is 4.39 Å². The molecule has 0 saturated heterocycles. The Morgan fingerprint density at radius 1 is 1.23 bits per heavy atom. The number of halogens is 1. The maximum atomic E-state index is 14.6. The van der Waals surface area contributed by atoms with Crippen molar-refractivity contribution in [2.75, 3.05) is 6.54 Å². The largest absolute Gasteiger partial charge is 0.483 e. The molecule has 3 aliphatic rings. The van der Waals surface area contributed by atoms with E-state index >= 15 is 0 Å². The molecule has 0 aromatic heterocycles. The van der Waals surface area contributed by atoms with Crippen LogP contribution < -0.4 is 0 Å². The van der Waals surface area contributed by atoms with Gasteiger partial charge in [-0.1, -0.05) is 32.0 Å². The molecule has 1 aromatic rings. The molecule has 1 saturated carbocycles. The van der Waals surface area contributed by atoms with Gasteiger partial charge < -0.3 is 9.64 Å². The lowest BCUT2D eigenvalue weighted by Crippen LogP contribution is -2.41. The van der Waals surface area contributed by atoms with Crippen LogP contribution in [-0.2, 0) is 14.3 Å². The van der Waals surface area contributed by atoms with Crippen molar-refractivity contribution in [3.63, 3.8) is 0 Å². The Bertz CT molecular complexity index is 787. The van der Waals surface area contributed by atoms with Gasteiger partial charge in [0.05, 0.1) is 17.5 Å². The molecule has 4 unspecified atom stereocenters. The van der Waals surface area contributed by atoms with E-state index < -0.39 is 11.9 Å². The number of ketones is 1. The molecule has 0 radical (unpaired) electrons. The summed E-state index contributed by atoms with van der Waals surface area (Å²) in [5, 5.41) is 0. The molecule has 5 heteroatoms. The molecule has 2 heterocycles. The van der Waals surface area contributed by atoms with Crippen molar-refractivity contribution in [2.24, 2.45) is 11.8 Å². The highest BCUT2D eigenvalue weighted by molar-refractivity contribution is 6.11. The topological polar surface area (TPSA) is 46.6 Å². The Labute approximate surface area is 153 Å². The Kier molecular flexibility index (Phi) is 4.33. The fraction of sp³-hybridized carbons (Fsp3) is 0.524. The Hall–Kier alpha value is -2.17. The number of carbonyl (C=O) groups excluding carboxylic acids is 2. The number of hydrogen-bond donors (Lipinski definition) is 0. The summed E-state index contributed by atoms with van der Waals surface area (Å²) >= 11 is 0. The first-order valence-corrected chi connectivity index (χ1v) is 9.53. The highest BCUT2D eigenvalue weighted by atomic mass is 19.1. The zero-order valence-electron chi connectivity index (χ0n) is 15.2. The molecular weight excluding hydrogens is 333 g/mol. The minimum Gasteiger partial charge on any atom is -0.483 e. The number of carbonyl (C=O) groups is 2. The monoisotopic (exact) mass is 357 g/mol. The fourth-order valence-electron chi connectivity index (χ4n) is 4.62. The molecule has 4 nitrogen and oxygen atoms in total. The zero-order valence-corrected chi connectivity index (χ0v) is 15.2. The molecule has 4 atom stereocenters. The van der Waals surface area contributed by atoms with Crippen molar-refractivity contribution in [1.29, 1.82) is 0 Å². The number of amides is 1. The van der Waals surface area contributed by atoms with E-state index in [-0.39, 0.29) is 29.5 Å². The van der Waals surface area contributed by atoms with E-state index in [4.69, 9.17) is 4.74 Å². The summed E-state index contributed by atoms with van der Waals surface area (Å²) in [6, 6.07) is 5.72. The van der Waals surface area contributed by atoms with Crippen LogP contribution in [0, 0.1) is 17.7 Å². The molecule has 1 aromatic carbocycles. The molecule has 0 spiro atoms. The van der Waals surface area contributed by atoms with Gasteiger partial charge in [0.2, 0.25) is 0 Å². The van der Waals surface area contributed by atoms with Crippen molar-refractivity contribution in [3.8, 4) is 0 Å². The lowest BCUT2D eigenvalue weighted by Gasteiger charge is -2.37. The second-order valence-electron chi connectivity index (χ2n) is 7.71. The van der Waals surface area contributed by atoms with Gasteiger partial charge in [0.1, 0.15) is 11.9 Å². The van der Waals surface area contributed by atoms with E-state index in [9.17, 15) is 14.0 Å².